The van der Waals surface area contributed by atoms with Gasteiger partial charge in [-0.3, -0.25) is 15.5 Å². The van der Waals surface area contributed by atoms with Crippen LogP contribution in [0.5, 0.6) is 0 Å². The molecule has 102 valence electrons. The highest BCUT2D eigenvalue weighted by Crippen LogP contribution is 2.15. The Morgan fingerprint density at radius 1 is 1.25 bits per heavy atom. The van der Waals surface area contributed by atoms with Crippen LogP contribution in [0.25, 0.3) is 0 Å². The fourth-order valence-electron chi connectivity index (χ4n) is 1.58. The number of nitrogens with one attached hydrogen (secondary N) is 1. The van der Waals surface area contributed by atoms with Crippen molar-refractivity contribution in [2.45, 2.75) is 6.92 Å². The Labute approximate surface area is 114 Å². The van der Waals surface area contributed by atoms with Crippen LogP contribution in [0.3, 0.4) is 0 Å². The SMILES string of the molecule is C/C(=N\Nc1ccc([N+](=O)[O-])cc1)c1cccc(F)c1. The molecule has 2 aromatic carbocycles. The minimum atomic E-state index is -0.467. The van der Waals surface area contributed by atoms with Gasteiger partial charge in [-0.25, -0.2) is 4.39 Å². The van der Waals surface area contributed by atoms with Crippen molar-refractivity contribution in [2.75, 3.05) is 5.43 Å². The Bertz CT molecular complexity index is 654. The van der Waals surface area contributed by atoms with E-state index in [1.165, 1.54) is 24.3 Å². The third kappa shape index (κ3) is 3.38. The molecule has 0 radical (unpaired) electrons. The van der Waals surface area contributed by atoms with E-state index < -0.39 is 4.92 Å². The summed E-state index contributed by atoms with van der Waals surface area (Å²) in [5, 5.41) is 14.6. The van der Waals surface area contributed by atoms with Crippen LogP contribution in [-0.2, 0) is 0 Å². The second-order valence-electron chi connectivity index (χ2n) is 4.12. The quantitative estimate of drug-likeness (QED) is 0.526. The zero-order valence-electron chi connectivity index (χ0n) is 10.7. The van der Waals surface area contributed by atoms with Crippen molar-refractivity contribution in [2.24, 2.45) is 5.10 Å². The largest absolute Gasteiger partial charge is 0.278 e. The number of hydrazone groups is 1. The number of nitrogens with zero attached hydrogens (tertiary/aromatic N) is 2. The summed E-state index contributed by atoms with van der Waals surface area (Å²) in [6.07, 6.45) is 0. The Balaban J connectivity index is 2.10. The number of benzene rings is 2. The van der Waals surface area contributed by atoms with Crippen LogP contribution in [0, 0.1) is 15.9 Å². The number of hydrogen-bond donors (Lipinski definition) is 1. The van der Waals surface area contributed by atoms with E-state index in [0.29, 0.717) is 17.0 Å². The van der Waals surface area contributed by atoms with Crippen molar-refractivity contribution >= 4 is 17.1 Å². The zero-order valence-corrected chi connectivity index (χ0v) is 10.7. The lowest BCUT2D eigenvalue weighted by Crippen LogP contribution is -2.00. The van der Waals surface area contributed by atoms with Crippen LogP contribution in [0.4, 0.5) is 15.8 Å². The van der Waals surface area contributed by atoms with Crippen LogP contribution >= 0.6 is 0 Å². The topological polar surface area (TPSA) is 67.5 Å². The fourth-order valence-corrected chi connectivity index (χ4v) is 1.58. The first-order valence-electron chi connectivity index (χ1n) is 5.87. The van der Waals surface area contributed by atoms with E-state index in [2.05, 4.69) is 10.5 Å². The molecule has 0 unspecified atom stereocenters. The van der Waals surface area contributed by atoms with Crippen LogP contribution in [0.1, 0.15) is 12.5 Å². The Hall–Kier alpha value is -2.76. The highest BCUT2D eigenvalue weighted by Gasteiger charge is 2.03. The molecule has 0 saturated carbocycles. The Morgan fingerprint density at radius 3 is 2.55 bits per heavy atom. The molecule has 2 rings (SSSR count). The van der Waals surface area contributed by atoms with E-state index in [1.807, 2.05) is 0 Å². The molecule has 0 bridgehead atoms. The number of hydrogen-bond acceptors (Lipinski definition) is 4. The highest BCUT2D eigenvalue weighted by molar-refractivity contribution is 5.99. The minimum absolute atomic E-state index is 0.0152. The predicted molar refractivity (Wildman–Crippen MR) is 75.3 cm³/mol. The Morgan fingerprint density at radius 2 is 1.95 bits per heavy atom. The molecule has 0 aromatic heterocycles. The molecule has 6 heteroatoms. The van der Waals surface area contributed by atoms with E-state index in [4.69, 9.17) is 0 Å². The van der Waals surface area contributed by atoms with Crippen molar-refractivity contribution in [3.05, 3.63) is 70.0 Å². The van der Waals surface area contributed by atoms with Crippen LogP contribution in [0.15, 0.2) is 53.6 Å². The average molecular weight is 273 g/mol. The molecule has 0 aliphatic carbocycles. The van der Waals surface area contributed by atoms with Gasteiger partial charge in [-0.15, -0.1) is 0 Å². The molecule has 0 aliphatic rings. The van der Waals surface area contributed by atoms with Gasteiger partial charge in [-0.05, 0) is 31.2 Å². The lowest BCUT2D eigenvalue weighted by Gasteiger charge is -2.03. The summed E-state index contributed by atoms with van der Waals surface area (Å²) in [4.78, 5) is 10.1. The molecule has 20 heavy (non-hydrogen) atoms. The number of non-ortho nitro benzene ring substituents is 1. The first-order valence-corrected chi connectivity index (χ1v) is 5.87. The summed E-state index contributed by atoms with van der Waals surface area (Å²) in [5.41, 5.74) is 4.68. The molecular formula is C14H12FN3O2. The maximum atomic E-state index is 13.1. The summed E-state index contributed by atoms with van der Waals surface area (Å²) in [7, 11) is 0. The number of rotatable bonds is 4. The highest BCUT2D eigenvalue weighted by atomic mass is 19.1. The molecule has 0 heterocycles. The summed E-state index contributed by atoms with van der Waals surface area (Å²) < 4.78 is 13.1. The third-order valence-corrected chi connectivity index (χ3v) is 2.67. The summed E-state index contributed by atoms with van der Waals surface area (Å²) in [6, 6.07) is 12.0. The molecule has 2 aromatic rings. The zero-order chi connectivity index (χ0) is 14.5. The van der Waals surface area contributed by atoms with Gasteiger partial charge in [0.25, 0.3) is 5.69 Å². The van der Waals surface area contributed by atoms with Gasteiger partial charge >= 0.3 is 0 Å². The van der Waals surface area contributed by atoms with Gasteiger partial charge in [-0.2, -0.15) is 5.10 Å². The van der Waals surface area contributed by atoms with Crippen molar-refractivity contribution < 1.29 is 9.31 Å². The second kappa shape index (κ2) is 5.92. The summed E-state index contributed by atoms with van der Waals surface area (Å²) in [6.45, 7) is 1.74. The predicted octanol–water partition coefficient (Wildman–Crippen LogP) is 3.57. The molecular weight excluding hydrogens is 261 g/mol. The standard InChI is InChI=1S/C14H12FN3O2/c1-10(11-3-2-4-12(15)9-11)16-17-13-5-7-14(8-6-13)18(19)20/h2-9,17H,1H3/b16-10+. The van der Waals surface area contributed by atoms with E-state index in [-0.39, 0.29) is 11.5 Å². The number of anilines is 1. The van der Waals surface area contributed by atoms with Gasteiger partial charge < -0.3 is 0 Å². The fraction of sp³-hybridized carbons (Fsp3) is 0.0714. The van der Waals surface area contributed by atoms with Crippen LogP contribution < -0.4 is 5.43 Å². The van der Waals surface area contributed by atoms with Crippen LogP contribution in [-0.4, -0.2) is 10.6 Å². The smallest absolute Gasteiger partial charge is 0.269 e. The van der Waals surface area contributed by atoms with Crippen molar-refractivity contribution in [3.8, 4) is 0 Å². The van der Waals surface area contributed by atoms with E-state index in [1.54, 1.807) is 31.2 Å². The third-order valence-electron chi connectivity index (χ3n) is 2.67. The van der Waals surface area contributed by atoms with Gasteiger partial charge in [0.2, 0.25) is 0 Å². The molecule has 0 aliphatic heterocycles. The monoisotopic (exact) mass is 273 g/mol. The van der Waals surface area contributed by atoms with Gasteiger partial charge in [0, 0.05) is 17.7 Å². The van der Waals surface area contributed by atoms with Gasteiger partial charge in [0.05, 0.1) is 16.3 Å². The normalized spacial score (nSPS) is 11.2. The van der Waals surface area contributed by atoms with Gasteiger partial charge in [0.1, 0.15) is 5.82 Å². The maximum absolute atomic E-state index is 13.1. The van der Waals surface area contributed by atoms with Crippen LogP contribution in [0.2, 0.25) is 0 Å². The maximum Gasteiger partial charge on any atom is 0.269 e. The van der Waals surface area contributed by atoms with Gasteiger partial charge in [-0.1, -0.05) is 12.1 Å². The van der Waals surface area contributed by atoms with E-state index in [9.17, 15) is 14.5 Å². The van der Waals surface area contributed by atoms with E-state index in [0.717, 1.165) is 0 Å². The molecule has 1 N–H and O–H groups in total. The first kappa shape index (κ1) is 13.7. The van der Waals surface area contributed by atoms with Crippen molar-refractivity contribution in [1.82, 2.24) is 0 Å². The minimum Gasteiger partial charge on any atom is -0.278 e. The number of halogens is 1. The second-order valence-corrected chi connectivity index (χ2v) is 4.12. The van der Waals surface area contributed by atoms with Crippen molar-refractivity contribution in [1.29, 1.82) is 0 Å². The lowest BCUT2D eigenvalue weighted by molar-refractivity contribution is -0.384. The van der Waals surface area contributed by atoms with Gasteiger partial charge in [0.15, 0.2) is 0 Å². The number of nitro benzene ring substituents is 1. The summed E-state index contributed by atoms with van der Waals surface area (Å²) >= 11 is 0. The lowest BCUT2D eigenvalue weighted by atomic mass is 10.1. The van der Waals surface area contributed by atoms with Crippen molar-refractivity contribution in [3.63, 3.8) is 0 Å². The summed E-state index contributed by atoms with van der Waals surface area (Å²) in [5.74, 6) is -0.326. The molecule has 0 spiro atoms. The number of nitro groups is 1. The van der Waals surface area contributed by atoms with E-state index >= 15 is 0 Å². The average Bonchev–Trinajstić information content (AvgIpc) is 2.45. The molecule has 0 fully saturated rings. The molecule has 0 saturated heterocycles. The molecule has 0 atom stereocenters. The molecule has 5 nitrogen and oxygen atoms in total. The first-order chi connectivity index (χ1) is 9.56. The Kier molecular flexibility index (Phi) is 4.05. The molecule has 0 amide bonds.